The lowest BCUT2D eigenvalue weighted by atomic mass is 9.93. The number of benzene rings is 2. The second-order valence-electron chi connectivity index (χ2n) is 11.3. The van der Waals surface area contributed by atoms with Crippen molar-refractivity contribution >= 4 is 21.7 Å². The fourth-order valence-electron chi connectivity index (χ4n) is 5.37. The molecule has 1 aromatic heterocycles. The predicted molar refractivity (Wildman–Crippen MR) is 156 cm³/mol. The van der Waals surface area contributed by atoms with Gasteiger partial charge < -0.3 is 10.6 Å². The molecule has 2 heterocycles. The number of amides is 1. The molecule has 0 aliphatic carbocycles. The van der Waals surface area contributed by atoms with E-state index in [1.54, 1.807) is 30.3 Å². The van der Waals surface area contributed by atoms with Gasteiger partial charge in [-0.05, 0) is 55.5 Å². The van der Waals surface area contributed by atoms with Crippen LogP contribution in [0.3, 0.4) is 0 Å². The number of hydrogen-bond acceptors (Lipinski definition) is 6. The largest absolute Gasteiger partial charge is 0.413 e. The molecule has 0 spiro atoms. The number of halogens is 4. The Balaban J connectivity index is 1.76. The maximum absolute atomic E-state index is 15.0. The van der Waals surface area contributed by atoms with Gasteiger partial charge in [0.1, 0.15) is 5.67 Å². The van der Waals surface area contributed by atoms with Crippen molar-refractivity contribution in [3.63, 3.8) is 0 Å². The molecule has 2 aromatic carbocycles. The number of aromatic nitrogens is 1. The third-order valence-corrected chi connectivity index (χ3v) is 9.13. The average Bonchev–Trinajstić information content (AvgIpc) is 3.16. The Kier molecular flexibility index (Phi) is 9.91. The molecular weight excluding hydrogens is 600 g/mol. The Morgan fingerprint density at radius 2 is 1.61 bits per heavy atom. The zero-order valence-corrected chi connectivity index (χ0v) is 25.1. The van der Waals surface area contributed by atoms with Crippen LogP contribution in [0.25, 0.3) is 11.1 Å². The van der Waals surface area contributed by atoms with Crippen molar-refractivity contribution in [2.45, 2.75) is 68.1 Å². The fraction of sp³-hybridized carbons (Fsp3) is 0.387. The molecular formula is C31H34F4N4O4S. The molecule has 0 radical (unpaired) electrons. The molecule has 3 atom stereocenters. The Morgan fingerprint density at radius 1 is 1.00 bits per heavy atom. The van der Waals surface area contributed by atoms with Crippen LogP contribution in [-0.2, 0) is 19.6 Å². The van der Waals surface area contributed by atoms with Crippen LogP contribution in [0.5, 0.6) is 0 Å². The highest BCUT2D eigenvalue weighted by Gasteiger charge is 2.52. The van der Waals surface area contributed by atoms with Crippen LogP contribution in [0.4, 0.5) is 17.6 Å². The maximum Gasteiger partial charge on any atom is 0.413 e. The summed E-state index contributed by atoms with van der Waals surface area (Å²) in [6.07, 6.45) is -4.70. The van der Waals surface area contributed by atoms with E-state index in [2.05, 4.69) is 4.98 Å². The summed E-state index contributed by atoms with van der Waals surface area (Å²) in [5.74, 6) is -2.18. The SMILES string of the molecule is CC(C)(F)C[C@H](N)C(=O)N(C1CCCN(S(=O)(=O)c2ccccn2)CC1=O)[C@@H](c1ccc(-c2ccccc2)cc1)C(F)(F)F. The summed E-state index contributed by atoms with van der Waals surface area (Å²) in [5.41, 5.74) is 5.07. The minimum Gasteiger partial charge on any atom is -0.320 e. The summed E-state index contributed by atoms with van der Waals surface area (Å²) in [6, 6.07) is 12.6. The lowest BCUT2D eigenvalue weighted by molar-refractivity contribution is -0.199. The first-order chi connectivity index (χ1) is 20.6. The molecule has 1 unspecified atom stereocenters. The van der Waals surface area contributed by atoms with E-state index < -0.39 is 64.6 Å². The van der Waals surface area contributed by atoms with Gasteiger partial charge in [0.15, 0.2) is 16.9 Å². The predicted octanol–water partition coefficient (Wildman–Crippen LogP) is 5.07. The average molecular weight is 635 g/mol. The van der Waals surface area contributed by atoms with Crippen LogP contribution in [0.2, 0.25) is 0 Å². The van der Waals surface area contributed by atoms with Gasteiger partial charge >= 0.3 is 6.18 Å². The summed E-state index contributed by atoms with van der Waals surface area (Å²) < 4.78 is 86.7. The molecule has 1 aliphatic rings. The zero-order chi connectivity index (χ0) is 32.3. The molecule has 1 fully saturated rings. The van der Waals surface area contributed by atoms with Crippen molar-refractivity contribution in [3.05, 3.63) is 84.6 Å². The fourth-order valence-corrected chi connectivity index (χ4v) is 6.75. The summed E-state index contributed by atoms with van der Waals surface area (Å²) in [5, 5.41) is -0.321. The topological polar surface area (TPSA) is 114 Å². The van der Waals surface area contributed by atoms with Gasteiger partial charge in [-0.25, -0.2) is 17.8 Å². The number of nitrogens with zero attached hydrogens (tertiary/aromatic N) is 3. The number of carbonyl (C=O) groups excluding carboxylic acids is 2. The number of alkyl halides is 4. The van der Waals surface area contributed by atoms with Crippen LogP contribution in [0, 0.1) is 0 Å². The second-order valence-corrected chi connectivity index (χ2v) is 13.2. The molecule has 1 aliphatic heterocycles. The zero-order valence-electron chi connectivity index (χ0n) is 24.2. The highest BCUT2D eigenvalue weighted by Crippen LogP contribution is 2.41. The van der Waals surface area contributed by atoms with Gasteiger partial charge in [0.05, 0.1) is 18.6 Å². The molecule has 0 saturated carbocycles. The Bertz CT molecular complexity index is 1550. The molecule has 1 saturated heterocycles. The van der Waals surface area contributed by atoms with E-state index in [-0.39, 0.29) is 30.0 Å². The minimum absolute atomic E-state index is 0.0341. The number of ketones is 1. The van der Waals surface area contributed by atoms with E-state index >= 15 is 0 Å². The first-order valence-electron chi connectivity index (χ1n) is 14.0. The number of Topliss-reactive ketones (excluding diaryl/α,β-unsaturated/α-hetero) is 1. The maximum atomic E-state index is 15.0. The van der Waals surface area contributed by atoms with Gasteiger partial charge in [-0.3, -0.25) is 9.59 Å². The van der Waals surface area contributed by atoms with Crippen molar-refractivity contribution in [1.29, 1.82) is 0 Å². The van der Waals surface area contributed by atoms with E-state index in [9.17, 15) is 35.6 Å². The number of pyridine rings is 1. The van der Waals surface area contributed by atoms with Crippen LogP contribution in [0.1, 0.15) is 44.7 Å². The summed E-state index contributed by atoms with van der Waals surface area (Å²) >= 11 is 0. The summed E-state index contributed by atoms with van der Waals surface area (Å²) in [7, 11) is -4.26. The molecule has 13 heteroatoms. The van der Waals surface area contributed by atoms with Crippen molar-refractivity contribution < 1.29 is 35.6 Å². The Labute approximate surface area is 253 Å². The molecule has 4 rings (SSSR count). The highest BCUT2D eigenvalue weighted by molar-refractivity contribution is 7.89. The Morgan fingerprint density at radius 3 is 2.18 bits per heavy atom. The van der Waals surface area contributed by atoms with Gasteiger partial charge in [0.2, 0.25) is 5.91 Å². The monoisotopic (exact) mass is 634 g/mol. The van der Waals surface area contributed by atoms with Gasteiger partial charge in [-0.1, -0.05) is 60.7 Å². The molecule has 8 nitrogen and oxygen atoms in total. The van der Waals surface area contributed by atoms with Gasteiger partial charge in [0, 0.05) is 19.2 Å². The van der Waals surface area contributed by atoms with Crippen LogP contribution < -0.4 is 5.73 Å². The van der Waals surface area contributed by atoms with Crippen molar-refractivity contribution in [2.75, 3.05) is 13.1 Å². The molecule has 2 N–H and O–H groups in total. The quantitative estimate of drug-likeness (QED) is 0.329. The summed E-state index contributed by atoms with van der Waals surface area (Å²) in [6.45, 7) is 1.32. The van der Waals surface area contributed by atoms with E-state index in [4.69, 9.17) is 5.73 Å². The first kappa shape index (κ1) is 33.2. The van der Waals surface area contributed by atoms with E-state index in [0.29, 0.717) is 10.5 Å². The number of nitrogens with two attached hydrogens (primary N) is 1. The molecule has 1 amide bonds. The lowest BCUT2D eigenvalue weighted by Gasteiger charge is -2.40. The first-order valence-corrected chi connectivity index (χ1v) is 15.5. The van der Waals surface area contributed by atoms with E-state index in [1.807, 2.05) is 0 Å². The highest BCUT2D eigenvalue weighted by atomic mass is 32.2. The Hall–Kier alpha value is -3.68. The smallest absolute Gasteiger partial charge is 0.320 e. The van der Waals surface area contributed by atoms with E-state index in [0.717, 1.165) is 23.7 Å². The minimum atomic E-state index is -5.07. The van der Waals surface area contributed by atoms with Crippen LogP contribution in [-0.4, -0.2) is 71.3 Å². The molecule has 3 aromatic rings. The number of rotatable bonds is 9. The van der Waals surface area contributed by atoms with E-state index in [1.165, 1.54) is 48.7 Å². The lowest BCUT2D eigenvalue weighted by Crippen LogP contribution is -2.57. The van der Waals surface area contributed by atoms with Crippen LogP contribution >= 0.6 is 0 Å². The second kappa shape index (κ2) is 13.1. The van der Waals surface area contributed by atoms with Gasteiger partial charge in [-0.2, -0.15) is 17.5 Å². The number of carbonyl (C=O) groups is 2. The van der Waals surface area contributed by atoms with Gasteiger partial charge in [-0.15, -0.1) is 0 Å². The number of sulfonamides is 1. The molecule has 44 heavy (non-hydrogen) atoms. The molecule has 236 valence electrons. The number of hydrogen-bond donors (Lipinski definition) is 1. The normalized spacial score (nSPS) is 18.3. The summed E-state index contributed by atoms with van der Waals surface area (Å²) in [4.78, 5) is 31.7. The van der Waals surface area contributed by atoms with Crippen LogP contribution in [0.15, 0.2) is 84.0 Å². The molecule has 0 bridgehead atoms. The third-order valence-electron chi connectivity index (χ3n) is 7.37. The van der Waals surface area contributed by atoms with Crippen molar-refractivity contribution in [1.82, 2.24) is 14.2 Å². The van der Waals surface area contributed by atoms with Crippen molar-refractivity contribution in [3.8, 4) is 11.1 Å². The van der Waals surface area contributed by atoms with Gasteiger partial charge in [0.25, 0.3) is 10.0 Å². The van der Waals surface area contributed by atoms with Crippen molar-refractivity contribution in [2.24, 2.45) is 5.73 Å². The third kappa shape index (κ3) is 7.69. The standard InChI is InChI=1S/C31H34F4N4O4S/c1-30(2,32)19-24(36)29(41)39(25-11-8-18-38(20-26(25)40)44(42,43)27-12-6-7-17-37-27)28(31(33,34)35)23-15-13-22(14-16-23)21-9-4-3-5-10-21/h3-7,9-10,12-17,24-25,28H,8,11,18-20,36H2,1-2H3/t24-,25?,28-/m0/s1.